The number of benzene rings is 1. The maximum absolute atomic E-state index is 13.1. The average Bonchev–Trinajstić information content (AvgIpc) is 2.94. The molecule has 3 rings (SSSR count). The van der Waals surface area contributed by atoms with Gasteiger partial charge in [0.25, 0.3) is 5.71 Å². The number of aryl methyl sites for hydroxylation is 1. The highest BCUT2D eigenvalue weighted by molar-refractivity contribution is 6.04. The summed E-state index contributed by atoms with van der Waals surface area (Å²) in [6.07, 6.45) is 0.730. The number of esters is 1. The van der Waals surface area contributed by atoms with Crippen LogP contribution in [0.3, 0.4) is 0 Å². The van der Waals surface area contributed by atoms with Crippen LogP contribution >= 0.6 is 0 Å². The molecule has 0 fully saturated rings. The maximum atomic E-state index is 13.1. The van der Waals surface area contributed by atoms with Crippen LogP contribution in [-0.2, 0) is 4.74 Å². The van der Waals surface area contributed by atoms with Gasteiger partial charge in [0.2, 0.25) is 0 Å². The van der Waals surface area contributed by atoms with E-state index in [9.17, 15) is 9.18 Å². The number of aromatic nitrogens is 2. The van der Waals surface area contributed by atoms with Gasteiger partial charge in [-0.05, 0) is 43.7 Å². The van der Waals surface area contributed by atoms with E-state index in [1.54, 1.807) is 25.1 Å². The highest BCUT2D eigenvalue weighted by Crippen LogP contribution is 2.27. The standard InChI is InChI=1S/C17H15FN2O3/c1-3-8-22-17(21)13-9-14(11-4-6-12(18)7-5-11)19-16-15(13)10(2)20-23-16/h4-7,9H,3,8H2,1-2H3. The van der Waals surface area contributed by atoms with Crippen molar-refractivity contribution in [3.8, 4) is 11.3 Å². The molecule has 3 aromatic rings. The Morgan fingerprint density at radius 3 is 2.74 bits per heavy atom. The summed E-state index contributed by atoms with van der Waals surface area (Å²) in [5.74, 6) is -0.790. The predicted molar refractivity (Wildman–Crippen MR) is 82.5 cm³/mol. The summed E-state index contributed by atoms with van der Waals surface area (Å²) in [4.78, 5) is 16.7. The molecule has 0 atom stereocenters. The number of hydrogen-bond donors (Lipinski definition) is 0. The Bertz CT molecular complexity index is 856. The van der Waals surface area contributed by atoms with Gasteiger partial charge in [-0.25, -0.2) is 14.2 Å². The number of carbonyl (C=O) groups is 1. The monoisotopic (exact) mass is 314 g/mol. The van der Waals surface area contributed by atoms with Crippen molar-refractivity contribution in [3.63, 3.8) is 0 Å². The maximum Gasteiger partial charge on any atom is 0.339 e. The Labute approximate surface area is 132 Å². The molecule has 0 radical (unpaired) electrons. The SMILES string of the molecule is CCCOC(=O)c1cc(-c2ccc(F)cc2)nc2onc(C)c12. The van der Waals surface area contributed by atoms with Gasteiger partial charge in [0.05, 0.1) is 28.9 Å². The molecule has 0 bridgehead atoms. The van der Waals surface area contributed by atoms with Crippen LogP contribution in [-0.4, -0.2) is 22.7 Å². The van der Waals surface area contributed by atoms with E-state index in [-0.39, 0.29) is 11.5 Å². The van der Waals surface area contributed by atoms with Crippen molar-refractivity contribution in [1.29, 1.82) is 0 Å². The number of halogens is 1. The number of nitrogens with zero attached hydrogens (tertiary/aromatic N) is 2. The molecule has 118 valence electrons. The summed E-state index contributed by atoms with van der Waals surface area (Å²) in [6, 6.07) is 7.48. The van der Waals surface area contributed by atoms with Crippen molar-refractivity contribution in [2.45, 2.75) is 20.3 Å². The number of hydrogen-bond acceptors (Lipinski definition) is 5. The minimum atomic E-state index is -0.450. The molecule has 23 heavy (non-hydrogen) atoms. The van der Waals surface area contributed by atoms with Crippen molar-refractivity contribution in [3.05, 3.63) is 47.4 Å². The van der Waals surface area contributed by atoms with E-state index < -0.39 is 5.97 Å². The second-order valence-electron chi connectivity index (χ2n) is 5.15. The first-order chi connectivity index (χ1) is 11.1. The molecule has 1 aromatic carbocycles. The topological polar surface area (TPSA) is 65.2 Å². The molecule has 0 saturated heterocycles. The first-order valence-electron chi connectivity index (χ1n) is 7.30. The fourth-order valence-electron chi connectivity index (χ4n) is 2.30. The fraction of sp³-hybridized carbons (Fsp3) is 0.235. The first-order valence-corrected chi connectivity index (χ1v) is 7.30. The van der Waals surface area contributed by atoms with Crippen LogP contribution in [0.25, 0.3) is 22.4 Å². The van der Waals surface area contributed by atoms with E-state index >= 15 is 0 Å². The summed E-state index contributed by atoms with van der Waals surface area (Å²) < 4.78 is 23.5. The second kappa shape index (κ2) is 6.16. The zero-order chi connectivity index (χ0) is 16.4. The minimum absolute atomic E-state index is 0.257. The van der Waals surface area contributed by atoms with Gasteiger partial charge in [0.1, 0.15) is 5.82 Å². The fourth-order valence-corrected chi connectivity index (χ4v) is 2.30. The van der Waals surface area contributed by atoms with Crippen molar-refractivity contribution < 1.29 is 18.4 Å². The van der Waals surface area contributed by atoms with E-state index in [2.05, 4.69) is 10.1 Å². The van der Waals surface area contributed by atoms with Crippen LogP contribution < -0.4 is 0 Å². The summed E-state index contributed by atoms with van der Waals surface area (Å²) in [7, 11) is 0. The zero-order valence-electron chi connectivity index (χ0n) is 12.8. The van der Waals surface area contributed by atoms with Gasteiger partial charge >= 0.3 is 5.97 Å². The molecule has 2 aromatic heterocycles. The second-order valence-corrected chi connectivity index (χ2v) is 5.15. The number of ether oxygens (including phenoxy) is 1. The van der Waals surface area contributed by atoms with Crippen LogP contribution in [0.15, 0.2) is 34.9 Å². The highest BCUT2D eigenvalue weighted by Gasteiger charge is 2.20. The van der Waals surface area contributed by atoms with Crippen LogP contribution in [0.4, 0.5) is 4.39 Å². The Balaban J connectivity index is 2.14. The lowest BCUT2D eigenvalue weighted by atomic mass is 10.1. The van der Waals surface area contributed by atoms with E-state index in [0.717, 1.165) is 6.42 Å². The smallest absolute Gasteiger partial charge is 0.339 e. The van der Waals surface area contributed by atoms with Crippen molar-refractivity contribution in [2.75, 3.05) is 6.61 Å². The van der Waals surface area contributed by atoms with E-state index in [4.69, 9.17) is 9.26 Å². The molecule has 0 saturated carbocycles. The summed E-state index contributed by atoms with van der Waals surface area (Å²) in [5.41, 5.74) is 2.35. The summed E-state index contributed by atoms with van der Waals surface area (Å²) >= 11 is 0. The number of pyridine rings is 1. The number of carbonyl (C=O) groups excluding carboxylic acids is 1. The lowest BCUT2D eigenvalue weighted by molar-refractivity contribution is 0.0507. The Kier molecular flexibility index (Phi) is 4.06. The van der Waals surface area contributed by atoms with E-state index in [1.165, 1.54) is 12.1 Å². The molecule has 0 aliphatic heterocycles. The van der Waals surface area contributed by atoms with Gasteiger partial charge in [-0.1, -0.05) is 12.1 Å². The first kappa shape index (κ1) is 15.1. The number of rotatable bonds is 4. The molecule has 6 heteroatoms. The van der Waals surface area contributed by atoms with Crippen molar-refractivity contribution in [1.82, 2.24) is 10.1 Å². The zero-order valence-corrected chi connectivity index (χ0v) is 12.8. The third-order valence-corrected chi connectivity index (χ3v) is 3.41. The molecule has 0 amide bonds. The summed E-state index contributed by atoms with van der Waals surface area (Å²) in [6.45, 7) is 3.99. The Hall–Kier alpha value is -2.76. The lowest BCUT2D eigenvalue weighted by Crippen LogP contribution is -2.07. The molecular formula is C17H15FN2O3. The van der Waals surface area contributed by atoms with E-state index in [1.807, 2.05) is 6.92 Å². The van der Waals surface area contributed by atoms with E-state index in [0.29, 0.717) is 34.5 Å². The van der Waals surface area contributed by atoms with Gasteiger partial charge < -0.3 is 9.26 Å². The van der Waals surface area contributed by atoms with Crippen LogP contribution in [0.2, 0.25) is 0 Å². The molecule has 0 spiro atoms. The Morgan fingerprint density at radius 2 is 2.04 bits per heavy atom. The largest absolute Gasteiger partial charge is 0.462 e. The van der Waals surface area contributed by atoms with Gasteiger partial charge in [-0.2, -0.15) is 0 Å². The highest BCUT2D eigenvalue weighted by atomic mass is 19.1. The molecular weight excluding hydrogens is 299 g/mol. The lowest BCUT2D eigenvalue weighted by Gasteiger charge is -2.07. The van der Waals surface area contributed by atoms with Crippen LogP contribution in [0.1, 0.15) is 29.4 Å². The molecule has 0 unspecified atom stereocenters. The minimum Gasteiger partial charge on any atom is -0.462 e. The number of fused-ring (bicyclic) bond motifs is 1. The third-order valence-electron chi connectivity index (χ3n) is 3.41. The third kappa shape index (κ3) is 2.92. The van der Waals surface area contributed by atoms with Crippen molar-refractivity contribution in [2.24, 2.45) is 0 Å². The van der Waals surface area contributed by atoms with Crippen LogP contribution in [0, 0.1) is 12.7 Å². The normalized spacial score (nSPS) is 10.9. The Morgan fingerprint density at radius 1 is 1.30 bits per heavy atom. The van der Waals surface area contributed by atoms with Crippen LogP contribution in [0.5, 0.6) is 0 Å². The molecule has 2 heterocycles. The quantitative estimate of drug-likeness (QED) is 0.683. The average molecular weight is 314 g/mol. The van der Waals surface area contributed by atoms with Gasteiger partial charge in [-0.3, -0.25) is 0 Å². The van der Waals surface area contributed by atoms with Crippen molar-refractivity contribution >= 4 is 17.1 Å². The summed E-state index contributed by atoms with van der Waals surface area (Å²) in [5, 5.41) is 4.40. The molecule has 0 aliphatic carbocycles. The van der Waals surface area contributed by atoms with Gasteiger partial charge in [0.15, 0.2) is 0 Å². The molecule has 5 nitrogen and oxygen atoms in total. The molecule has 0 N–H and O–H groups in total. The van der Waals surface area contributed by atoms with Gasteiger partial charge in [0, 0.05) is 5.56 Å². The molecule has 0 aliphatic rings. The predicted octanol–water partition coefficient (Wildman–Crippen LogP) is 3.90. The van der Waals surface area contributed by atoms with Gasteiger partial charge in [-0.15, -0.1) is 0 Å².